The van der Waals surface area contributed by atoms with Crippen LogP contribution in [0.15, 0.2) is 18.2 Å². The van der Waals surface area contributed by atoms with Crippen LogP contribution in [0.5, 0.6) is 5.75 Å². The number of rotatable bonds is 9. The number of nitriles is 1. The topological polar surface area (TPSA) is 136 Å². The summed E-state index contributed by atoms with van der Waals surface area (Å²) in [6.07, 6.45) is 3.29. The van der Waals surface area contributed by atoms with E-state index in [0.29, 0.717) is 40.4 Å². The molecule has 9 nitrogen and oxygen atoms in total. The highest BCUT2D eigenvalue weighted by Gasteiger charge is 2.39. The number of H-pyrrole nitrogens is 1. The number of carbonyl (C=O) groups is 3. The summed E-state index contributed by atoms with van der Waals surface area (Å²) < 4.78 is 5.35. The number of aromatic nitrogens is 1. The first-order valence-electron chi connectivity index (χ1n) is 11.8. The van der Waals surface area contributed by atoms with Crippen LogP contribution in [-0.4, -0.2) is 47.4 Å². The van der Waals surface area contributed by atoms with Crippen LogP contribution >= 0.6 is 11.6 Å². The molecule has 1 saturated carbocycles. The molecule has 1 saturated heterocycles. The lowest BCUT2D eigenvalue weighted by Crippen LogP contribution is -2.50. The SMILES string of the molecule is COc1ccc(Cl)c2[nH]c(C(=O)NC(CC3CC3)C(=O)N[C@H](C#N)CC3CC(C)(C)NC3=O)cc12. The number of benzene rings is 1. The molecule has 0 spiro atoms. The van der Waals surface area contributed by atoms with Crippen molar-refractivity contribution >= 4 is 40.2 Å². The van der Waals surface area contributed by atoms with Crippen molar-refractivity contribution in [2.24, 2.45) is 11.8 Å². The molecule has 186 valence electrons. The Morgan fingerprint density at radius 3 is 2.63 bits per heavy atom. The van der Waals surface area contributed by atoms with Gasteiger partial charge in [0.25, 0.3) is 5.91 Å². The van der Waals surface area contributed by atoms with Gasteiger partial charge in [0, 0.05) is 16.8 Å². The Balaban J connectivity index is 1.46. The van der Waals surface area contributed by atoms with Crippen molar-refractivity contribution in [2.45, 2.75) is 63.6 Å². The van der Waals surface area contributed by atoms with Gasteiger partial charge in [-0.15, -0.1) is 0 Å². The van der Waals surface area contributed by atoms with E-state index in [0.717, 1.165) is 12.8 Å². The molecule has 0 bridgehead atoms. The largest absolute Gasteiger partial charge is 0.496 e. The normalized spacial score (nSPS) is 20.5. The number of hydrogen-bond donors (Lipinski definition) is 4. The number of halogens is 1. The first kappa shape index (κ1) is 24.9. The van der Waals surface area contributed by atoms with Gasteiger partial charge in [-0.2, -0.15) is 5.26 Å². The highest BCUT2D eigenvalue weighted by molar-refractivity contribution is 6.35. The first-order chi connectivity index (χ1) is 16.6. The van der Waals surface area contributed by atoms with Crippen molar-refractivity contribution < 1.29 is 19.1 Å². The third-order valence-electron chi connectivity index (χ3n) is 6.64. The molecule has 1 aliphatic carbocycles. The highest BCUT2D eigenvalue weighted by atomic mass is 35.5. The Morgan fingerprint density at radius 2 is 2.03 bits per heavy atom. The van der Waals surface area contributed by atoms with Crippen LogP contribution < -0.4 is 20.7 Å². The maximum absolute atomic E-state index is 13.1. The lowest BCUT2D eigenvalue weighted by Gasteiger charge is -2.21. The molecule has 2 aromatic rings. The number of nitrogens with zero attached hydrogens (tertiary/aromatic N) is 1. The molecule has 1 aliphatic heterocycles. The van der Waals surface area contributed by atoms with Gasteiger partial charge in [-0.25, -0.2) is 0 Å². The van der Waals surface area contributed by atoms with Crippen molar-refractivity contribution in [2.75, 3.05) is 7.11 Å². The summed E-state index contributed by atoms with van der Waals surface area (Å²) in [6.45, 7) is 3.86. The Hall–Kier alpha value is -3.25. The highest BCUT2D eigenvalue weighted by Crippen LogP contribution is 2.34. The molecular formula is C25H30ClN5O4. The summed E-state index contributed by atoms with van der Waals surface area (Å²) in [4.78, 5) is 41.4. The van der Waals surface area contributed by atoms with Gasteiger partial charge in [0.1, 0.15) is 23.5 Å². The van der Waals surface area contributed by atoms with E-state index < -0.39 is 23.9 Å². The van der Waals surface area contributed by atoms with Crippen LogP contribution in [0.2, 0.25) is 5.02 Å². The number of hydrogen-bond acceptors (Lipinski definition) is 5. The first-order valence-corrected chi connectivity index (χ1v) is 12.2. The number of fused-ring (bicyclic) bond motifs is 1. The van der Waals surface area contributed by atoms with Gasteiger partial charge >= 0.3 is 0 Å². The molecule has 2 fully saturated rings. The van der Waals surface area contributed by atoms with E-state index in [9.17, 15) is 19.6 Å². The molecule has 2 heterocycles. The Labute approximate surface area is 208 Å². The molecule has 10 heteroatoms. The summed E-state index contributed by atoms with van der Waals surface area (Å²) in [5, 5.41) is 19.2. The molecule has 4 rings (SSSR count). The van der Waals surface area contributed by atoms with Crippen molar-refractivity contribution in [3.8, 4) is 11.8 Å². The van der Waals surface area contributed by atoms with Gasteiger partial charge in [-0.05, 0) is 57.2 Å². The van der Waals surface area contributed by atoms with Crippen LogP contribution in [0.4, 0.5) is 0 Å². The average molecular weight is 500 g/mol. The number of nitrogens with one attached hydrogen (secondary N) is 4. The van der Waals surface area contributed by atoms with Gasteiger partial charge in [-0.1, -0.05) is 24.4 Å². The number of carbonyl (C=O) groups excluding carboxylic acids is 3. The van der Waals surface area contributed by atoms with E-state index in [1.807, 2.05) is 13.8 Å². The average Bonchev–Trinajstić information content (AvgIpc) is 3.43. The second-order valence-corrected chi connectivity index (χ2v) is 10.5. The van der Waals surface area contributed by atoms with Crippen LogP contribution in [0.25, 0.3) is 10.9 Å². The molecule has 3 amide bonds. The summed E-state index contributed by atoms with van der Waals surface area (Å²) in [5.41, 5.74) is 0.489. The molecule has 35 heavy (non-hydrogen) atoms. The summed E-state index contributed by atoms with van der Waals surface area (Å²) in [6, 6.07) is 5.50. The lowest BCUT2D eigenvalue weighted by atomic mass is 9.92. The van der Waals surface area contributed by atoms with Gasteiger partial charge in [0.15, 0.2) is 0 Å². The fraction of sp³-hybridized carbons (Fsp3) is 0.520. The third kappa shape index (κ3) is 5.70. The molecule has 3 atom stereocenters. The summed E-state index contributed by atoms with van der Waals surface area (Å²) in [5.74, 6) is -0.419. The molecule has 1 aromatic carbocycles. The van der Waals surface area contributed by atoms with Crippen LogP contribution in [0, 0.1) is 23.2 Å². The Kier molecular flexibility index (Phi) is 6.95. The van der Waals surface area contributed by atoms with E-state index in [-0.39, 0.29) is 29.5 Å². The predicted octanol–water partition coefficient (Wildman–Crippen LogP) is 3.04. The Morgan fingerprint density at radius 1 is 1.29 bits per heavy atom. The van der Waals surface area contributed by atoms with E-state index in [1.54, 1.807) is 18.2 Å². The third-order valence-corrected chi connectivity index (χ3v) is 6.95. The minimum atomic E-state index is -0.832. The fourth-order valence-corrected chi connectivity index (χ4v) is 4.91. The number of aromatic amines is 1. The standard InChI is InChI=1S/C25H30ClN5O4/c1-25(2)11-14(22(32)31-25)9-15(12-27)28-23(33)18(8-13-4-5-13)30-24(34)19-10-16-20(35-3)7-6-17(26)21(16)29-19/h6-7,10,13-15,18,29H,4-5,8-9,11H2,1-3H3,(H,28,33)(H,30,34)(H,31,32)/t14?,15-,18?/m0/s1. The van der Waals surface area contributed by atoms with E-state index in [1.165, 1.54) is 7.11 Å². The number of amides is 3. The maximum atomic E-state index is 13.1. The quantitative estimate of drug-likeness (QED) is 0.420. The minimum Gasteiger partial charge on any atom is -0.496 e. The predicted molar refractivity (Wildman–Crippen MR) is 131 cm³/mol. The van der Waals surface area contributed by atoms with Gasteiger partial charge in [0.05, 0.1) is 23.7 Å². The second kappa shape index (κ2) is 9.78. The zero-order valence-corrected chi connectivity index (χ0v) is 20.8. The van der Waals surface area contributed by atoms with Gasteiger partial charge < -0.3 is 25.7 Å². The van der Waals surface area contributed by atoms with Crippen LogP contribution in [0.1, 0.15) is 56.4 Å². The lowest BCUT2D eigenvalue weighted by molar-refractivity contribution is -0.125. The summed E-state index contributed by atoms with van der Waals surface area (Å²) >= 11 is 6.27. The molecule has 4 N–H and O–H groups in total. The van der Waals surface area contributed by atoms with Crippen molar-refractivity contribution in [1.82, 2.24) is 20.9 Å². The molecule has 2 unspecified atom stereocenters. The monoisotopic (exact) mass is 499 g/mol. The number of methoxy groups -OCH3 is 1. The Bertz CT molecular complexity index is 1200. The molecule has 0 radical (unpaired) electrons. The maximum Gasteiger partial charge on any atom is 0.268 e. The van der Waals surface area contributed by atoms with Crippen molar-refractivity contribution in [3.63, 3.8) is 0 Å². The van der Waals surface area contributed by atoms with Gasteiger partial charge in [0.2, 0.25) is 11.8 Å². The van der Waals surface area contributed by atoms with Gasteiger partial charge in [-0.3, -0.25) is 14.4 Å². The van der Waals surface area contributed by atoms with Crippen molar-refractivity contribution in [1.29, 1.82) is 5.26 Å². The van der Waals surface area contributed by atoms with E-state index in [4.69, 9.17) is 16.3 Å². The molecule has 1 aromatic heterocycles. The fourth-order valence-electron chi connectivity index (χ4n) is 4.70. The van der Waals surface area contributed by atoms with E-state index >= 15 is 0 Å². The zero-order valence-electron chi connectivity index (χ0n) is 20.0. The van der Waals surface area contributed by atoms with E-state index in [2.05, 4.69) is 27.0 Å². The smallest absolute Gasteiger partial charge is 0.268 e. The van der Waals surface area contributed by atoms with Crippen LogP contribution in [0.3, 0.4) is 0 Å². The van der Waals surface area contributed by atoms with Crippen molar-refractivity contribution in [3.05, 3.63) is 28.9 Å². The molecule has 2 aliphatic rings. The summed E-state index contributed by atoms with van der Waals surface area (Å²) in [7, 11) is 1.53. The molecular weight excluding hydrogens is 470 g/mol. The number of ether oxygens (including phenoxy) is 1. The van der Waals surface area contributed by atoms with Crippen LogP contribution in [-0.2, 0) is 9.59 Å². The minimum absolute atomic E-state index is 0.111. The zero-order chi connectivity index (χ0) is 25.3. The second-order valence-electron chi connectivity index (χ2n) is 10.1.